The van der Waals surface area contributed by atoms with Crippen LogP contribution in [0, 0.1) is 0 Å². The van der Waals surface area contributed by atoms with Crippen molar-refractivity contribution >= 4 is 22.0 Å². The number of likely N-dealkylation sites (tertiary alicyclic amines) is 1. The lowest BCUT2D eigenvalue weighted by Gasteiger charge is -2.25. The van der Waals surface area contributed by atoms with Crippen LogP contribution in [0.25, 0.3) is 0 Å². The van der Waals surface area contributed by atoms with E-state index in [1.165, 1.54) is 6.42 Å². The molecule has 122 valence electrons. The summed E-state index contributed by atoms with van der Waals surface area (Å²) >= 11 is 3.60. The zero-order valence-corrected chi connectivity index (χ0v) is 14.7. The van der Waals surface area contributed by atoms with E-state index in [1.54, 1.807) is 4.90 Å². The lowest BCUT2D eigenvalue weighted by Crippen LogP contribution is -2.36. The number of hydrogen-bond acceptors (Lipinski definition) is 4. The Morgan fingerprint density at radius 1 is 1.33 bits per heavy atom. The zero-order valence-electron chi connectivity index (χ0n) is 13.1. The third kappa shape index (κ3) is 5.42. The highest BCUT2D eigenvalue weighted by Crippen LogP contribution is 2.24. The third-order valence-corrected chi connectivity index (χ3v) is 4.50. The monoisotopic (exact) mass is 363 g/mol. The highest BCUT2D eigenvalue weighted by Gasteiger charge is 2.36. The smallest absolute Gasteiger partial charge is 0.410 e. The van der Waals surface area contributed by atoms with Crippen LogP contribution < -0.4 is 0 Å². The fourth-order valence-electron chi connectivity index (χ4n) is 2.54. The van der Waals surface area contributed by atoms with E-state index in [2.05, 4.69) is 15.9 Å². The second-order valence-electron chi connectivity index (χ2n) is 6.76. The Morgan fingerprint density at radius 2 is 2.10 bits per heavy atom. The molecule has 2 heterocycles. The van der Waals surface area contributed by atoms with Gasteiger partial charge in [-0.3, -0.25) is 0 Å². The minimum absolute atomic E-state index is 0.00282. The Balaban J connectivity index is 1.76. The highest BCUT2D eigenvalue weighted by atomic mass is 79.9. The molecule has 1 amide bonds. The molecule has 0 aliphatic carbocycles. The maximum Gasteiger partial charge on any atom is 0.410 e. The van der Waals surface area contributed by atoms with Crippen LogP contribution in [0.5, 0.6) is 0 Å². The van der Waals surface area contributed by atoms with Crippen LogP contribution in [0.1, 0.15) is 40.0 Å². The molecule has 21 heavy (non-hydrogen) atoms. The maximum absolute atomic E-state index is 12.1. The van der Waals surface area contributed by atoms with Gasteiger partial charge in [-0.15, -0.1) is 0 Å². The number of halogens is 1. The number of amides is 1. The van der Waals surface area contributed by atoms with Crippen molar-refractivity contribution < 1.29 is 19.0 Å². The topological polar surface area (TPSA) is 48.0 Å². The SMILES string of the molecule is CC(C)(C)OC(=O)N1CC(Br)C(OCC2CCCCO2)C1. The van der Waals surface area contributed by atoms with E-state index in [1.807, 2.05) is 20.8 Å². The first kappa shape index (κ1) is 17.0. The molecule has 0 spiro atoms. The summed E-state index contributed by atoms with van der Waals surface area (Å²) < 4.78 is 17.0. The van der Waals surface area contributed by atoms with Crippen LogP contribution in [0.4, 0.5) is 4.79 Å². The highest BCUT2D eigenvalue weighted by molar-refractivity contribution is 9.09. The predicted molar refractivity (Wildman–Crippen MR) is 83.9 cm³/mol. The maximum atomic E-state index is 12.1. The largest absolute Gasteiger partial charge is 0.444 e. The lowest BCUT2D eigenvalue weighted by atomic mass is 10.1. The van der Waals surface area contributed by atoms with E-state index in [4.69, 9.17) is 14.2 Å². The molecular formula is C15H26BrNO4. The molecule has 0 saturated carbocycles. The molecule has 2 aliphatic heterocycles. The molecule has 2 saturated heterocycles. The van der Waals surface area contributed by atoms with Gasteiger partial charge in [0.2, 0.25) is 0 Å². The first-order chi connectivity index (χ1) is 9.85. The molecule has 0 aromatic heterocycles. The number of rotatable bonds is 3. The van der Waals surface area contributed by atoms with E-state index < -0.39 is 5.60 Å². The molecule has 0 radical (unpaired) electrons. The minimum Gasteiger partial charge on any atom is -0.444 e. The fraction of sp³-hybridized carbons (Fsp3) is 0.933. The second-order valence-corrected chi connectivity index (χ2v) is 7.94. The number of carbonyl (C=O) groups is 1. The predicted octanol–water partition coefficient (Wildman–Crippen LogP) is 2.95. The number of alkyl halides is 1. The van der Waals surface area contributed by atoms with E-state index in [0.29, 0.717) is 19.7 Å². The van der Waals surface area contributed by atoms with Crippen LogP contribution in [-0.2, 0) is 14.2 Å². The van der Waals surface area contributed by atoms with E-state index in [-0.39, 0.29) is 23.1 Å². The first-order valence-corrected chi connectivity index (χ1v) is 8.62. The van der Waals surface area contributed by atoms with E-state index in [0.717, 1.165) is 19.4 Å². The standard InChI is InChI=1S/C15H26BrNO4/c1-15(2,3)21-14(18)17-8-12(16)13(9-17)20-10-11-6-4-5-7-19-11/h11-13H,4-10H2,1-3H3. The summed E-state index contributed by atoms with van der Waals surface area (Å²) in [6.45, 7) is 8.25. The van der Waals surface area contributed by atoms with Crippen molar-refractivity contribution in [2.75, 3.05) is 26.3 Å². The summed E-state index contributed by atoms with van der Waals surface area (Å²) in [6.07, 6.45) is 3.35. The van der Waals surface area contributed by atoms with Crippen LogP contribution in [0.2, 0.25) is 0 Å². The Labute approximate surface area is 135 Å². The Hall–Kier alpha value is -0.330. The number of hydrogen-bond donors (Lipinski definition) is 0. The van der Waals surface area contributed by atoms with Gasteiger partial charge in [-0.25, -0.2) is 4.79 Å². The Kier molecular flexibility index (Phi) is 5.91. The van der Waals surface area contributed by atoms with Gasteiger partial charge in [0.15, 0.2) is 0 Å². The quantitative estimate of drug-likeness (QED) is 0.723. The normalized spacial score (nSPS) is 30.5. The summed E-state index contributed by atoms with van der Waals surface area (Å²) in [4.78, 5) is 13.9. The van der Waals surface area contributed by atoms with Crippen molar-refractivity contribution in [3.05, 3.63) is 0 Å². The van der Waals surface area contributed by atoms with Gasteiger partial charge in [0.25, 0.3) is 0 Å². The zero-order chi connectivity index (χ0) is 15.5. The van der Waals surface area contributed by atoms with Crippen molar-refractivity contribution in [2.24, 2.45) is 0 Å². The molecule has 0 bridgehead atoms. The van der Waals surface area contributed by atoms with E-state index in [9.17, 15) is 4.79 Å². The Bertz CT molecular complexity index is 352. The van der Waals surface area contributed by atoms with Gasteiger partial charge in [-0.05, 0) is 40.0 Å². The van der Waals surface area contributed by atoms with Crippen LogP contribution >= 0.6 is 15.9 Å². The first-order valence-electron chi connectivity index (χ1n) is 7.70. The number of ether oxygens (including phenoxy) is 3. The Morgan fingerprint density at radius 3 is 2.71 bits per heavy atom. The molecule has 0 aromatic rings. The van der Waals surface area contributed by atoms with Crippen LogP contribution in [-0.4, -0.2) is 59.9 Å². The molecule has 2 aliphatic rings. The van der Waals surface area contributed by atoms with Crippen molar-refractivity contribution in [3.63, 3.8) is 0 Å². The minimum atomic E-state index is -0.465. The van der Waals surface area contributed by atoms with Crippen LogP contribution in [0.15, 0.2) is 0 Å². The molecule has 0 N–H and O–H groups in total. The molecule has 2 fully saturated rings. The molecule has 2 rings (SSSR count). The van der Waals surface area contributed by atoms with Crippen molar-refractivity contribution in [1.82, 2.24) is 4.90 Å². The second kappa shape index (κ2) is 7.29. The van der Waals surface area contributed by atoms with Crippen molar-refractivity contribution in [2.45, 2.75) is 62.7 Å². The van der Waals surface area contributed by atoms with Crippen molar-refractivity contribution in [1.29, 1.82) is 0 Å². The van der Waals surface area contributed by atoms with Gasteiger partial charge in [-0.2, -0.15) is 0 Å². The van der Waals surface area contributed by atoms with Crippen molar-refractivity contribution in [3.8, 4) is 0 Å². The summed E-state index contributed by atoms with van der Waals surface area (Å²) in [7, 11) is 0. The fourth-order valence-corrected chi connectivity index (χ4v) is 3.21. The van der Waals surface area contributed by atoms with Gasteiger partial charge in [0.1, 0.15) is 5.60 Å². The average molecular weight is 364 g/mol. The summed E-state index contributed by atoms with van der Waals surface area (Å²) in [5, 5.41) is 0. The molecule has 5 nitrogen and oxygen atoms in total. The summed E-state index contributed by atoms with van der Waals surface area (Å²) in [6, 6.07) is 0. The molecule has 3 unspecified atom stereocenters. The molecule has 3 atom stereocenters. The van der Waals surface area contributed by atoms with Gasteiger partial charge in [0, 0.05) is 13.2 Å². The third-order valence-electron chi connectivity index (χ3n) is 3.62. The number of carbonyl (C=O) groups excluding carboxylic acids is 1. The van der Waals surface area contributed by atoms with E-state index >= 15 is 0 Å². The summed E-state index contributed by atoms with van der Waals surface area (Å²) in [5.41, 5.74) is -0.465. The summed E-state index contributed by atoms with van der Waals surface area (Å²) in [5.74, 6) is 0. The molecule has 6 heteroatoms. The molecule has 0 aromatic carbocycles. The lowest BCUT2D eigenvalue weighted by molar-refractivity contribution is -0.0593. The number of nitrogens with zero attached hydrogens (tertiary/aromatic N) is 1. The molecular weight excluding hydrogens is 338 g/mol. The van der Waals surface area contributed by atoms with Gasteiger partial charge >= 0.3 is 6.09 Å². The average Bonchev–Trinajstić information content (AvgIpc) is 2.77. The van der Waals surface area contributed by atoms with Gasteiger partial charge in [0.05, 0.1) is 30.2 Å². The van der Waals surface area contributed by atoms with Crippen LogP contribution in [0.3, 0.4) is 0 Å². The van der Waals surface area contributed by atoms with Gasteiger partial charge < -0.3 is 19.1 Å². The van der Waals surface area contributed by atoms with Gasteiger partial charge in [-0.1, -0.05) is 15.9 Å².